The molecule has 0 fully saturated rings. The van der Waals surface area contributed by atoms with Crippen LogP contribution in [-0.4, -0.2) is 43.3 Å². The van der Waals surface area contributed by atoms with Gasteiger partial charge in [-0.3, -0.25) is 14.5 Å². The topological polar surface area (TPSA) is 86.3 Å². The van der Waals surface area contributed by atoms with Gasteiger partial charge >= 0.3 is 0 Å². The smallest absolute Gasteiger partial charge is 0.238 e. The van der Waals surface area contributed by atoms with Gasteiger partial charge in [0.15, 0.2) is 28.8 Å². The minimum Gasteiger partial charge on any atom is -0.454 e. The van der Waals surface area contributed by atoms with Crippen molar-refractivity contribution in [2.45, 2.75) is 20.4 Å². The number of hydrogen-bond acceptors (Lipinski definition) is 7. The van der Waals surface area contributed by atoms with Crippen LogP contribution in [0.4, 0.5) is 5.69 Å². The molecule has 0 aromatic heterocycles. The molecule has 0 unspecified atom stereocenters. The number of amides is 1. The average molecular weight is 398 g/mol. The molecule has 2 aliphatic heterocycles. The van der Waals surface area contributed by atoms with Gasteiger partial charge in [0.25, 0.3) is 0 Å². The Morgan fingerprint density at radius 3 is 2.31 bits per heavy atom. The molecule has 8 heteroatoms. The third kappa shape index (κ3) is 4.12. The molecule has 2 aromatic carbocycles. The number of rotatable bonds is 7. The molecule has 0 spiro atoms. The number of hydrogen-bond donors (Lipinski definition) is 1. The molecule has 0 bridgehead atoms. The maximum Gasteiger partial charge on any atom is 0.238 e. The number of carbonyl (C=O) groups excluding carboxylic acids is 2. The highest BCUT2D eigenvalue weighted by Crippen LogP contribution is 2.37. The van der Waals surface area contributed by atoms with Crippen molar-refractivity contribution in [3.8, 4) is 23.0 Å². The maximum absolute atomic E-state index is 12.7. The molecular weight excluding hydrogens is 376 g/mol. The Morgan fingerprint density at radius 2 is 1.62 bits per heavy atom. The number of ether oxygens (including phenoxy) is 4. The van der Waals surface area contributed by atoms with Crippen LogP contribution in [0.25, 0.3) is 0 Å². The summed E-state index contributed by atoms with van der Waals surface area (Å²) in [5, 5.41) is 2.83. The SMILES string of the molecule is CCN(CC(=O)Nc1cc2c(cc1C(C)=O)OCO2)Cc1ccc2c(c1)OCO2. The summed E-state index contributed by atoms with van der Waals surface area (Å²) in [6.45, 7) is 5.21. The molecular formula is C21H22N2O6. The third-order valence-electron chi connectivity index (χ3n) is 4.82. The fraction of sp³-hybridized carbons (Fsp3) is 0.333. The number of carbonyl (C=O) groups is 2. The Morgan fingerprint density at radius 1 is 0.966 bits per heavy atom. The molecule has 152 valence electrons. The van der Waals surface area contributed by atoms with Crippen molar-refractivity contribution in [1.82, 2.24) is 4.90 Å². The summed E-state index contributed by atoms with van der Waals surface area (Å²) >= 11 is 0. The lowest BCUT2D eigenvalue weighted by molar-refractivity contribution is -0.117. The first kappa shape index (κ1) is 19.1. The van der Waals surface area contributed by atoms with Gasteiger partial charge in [-0.2, -0.15) is 0 Å². The van der Waals surface area contributed by atoms with Crippen molar-refractivity contribution in [3.63, 3.8) is 0 Å². The van der Waals surface area contributed by atoms with Gasteiger partial charge in [0, 0.05) is 18.2 Å². The van der Waals surface area contributed by atoms with Crippen LogP contribution in [-0.2, 0) is 11.3 Å². The molecule has 29 heavy (non-hydrogen) atoms. The number of nitrogens with one attached hydrogen (secondary N) is 1. The van der Waals surface area contributed by atoms with Crippen molar-refractivity contribution in [2.24, 2.45) is 0 Å². The number of benzene rings is 2. The predicted octanol–water partition coefficient (Wildman–Crippen LogP) is 2.81. The molecule has 0 saturated heterocycles. The molecule has 2 aliphatic rings. The zero-order chi connectivity index (χ0) is 20.4. The van der Waals surface area contributed by atoms with Crippen LogP contribution in [0.3, 0.4) is 0 Å². The van der Waals surface area contributed by atoms with E-state index in [4.69, 9.17) is 18.9 Å². The van der Waals surface area contributed by atoms with Crippen LogP contribution >= 0.6 is 0 Å². The predicted molar refractivity (Wildman–Crippen MR) is 105 cm³/mol. The van der Waals surface area contributed by atoms with Crippen LogP contribution in [0.5, 0.6) is 23.0 Å². The first-order chi connectivity index (χ1) is 14.0. The van der Waals surface area contributed by atoms with Gasteiger partial charge < -0.3 is 24.3 Å². The summed E-state index contributed by atoms with van der Waals surface area (Å²) in [6.07, 6.45) is 0. The summed E-state index contributed by atoms with van der Waals surface area (Å²) in [4.78, 5) is 26.6. The highest BCUT2D eigenvalue weighted by atomic mass is 16.7. The number of Topliss-reactive ketones (excluding diaryl/α,β-unsaturated/α-hetero) is 1. The first-order valence-electron chi connectivity index (χ1n) is 9.39. The molecule has 1 N–H and O–H groups in total. The number of ketones is 1. The first-order valence-corrected chi connectivity index (χ1v) is 9.39. The molecule has 1 amide bonds. The average Bonchev–Trinajstić information content (AvgIpc) is 3.34. The molecule has 2 aromatic rings. The Balaban J connectivity index is 1.44. The van der Waals surface area contributed by atoms with Crippen molar-refractivity contribution in [1.29, 1.82) is 0 Å². The zero-order valence-corrected chi connectivity index (χ0v) is 16.3. The molecule has 4 rings (SSSR count). The van der Waals surface area contributed by atoms with Gasteiger partial charge in [0.2, 0.25) is 19.5 Å². The monoisotopic (exact) mass is 398 g/mol. The summed E-state index contributed by atoms with van der Waals surface area (Å²) in [5.74, 6) is 2.09. The highest BCUT2D eigenvalue weighted by Gasteiger charge is 2.21. The minimum atomic E-state index is -0.214. The van der Waals surface area contributed by atoms with E-state index < -0.39 is 0 Å². The van der Waals surface area contributed by atoms with E-state index in [0.29, 0.717) is 35.8 Å². The van der Waals surface area contributed by atoms with E-state index in [1.807, 2.05) is 30.0 Å². The van der Waals surface area contributed by atoms with E-state index >= 15 is 0 Å². The normalized spacial score (nSPS) is 13.6. The summed E-state index contributed by atoms with van der Waals surface area (Å²) in [6, 6.07) is 8.99. The summed E-state index contributed by atoms with van der Waals surface area (Å²) in [5.41, 5.74) is 1.84. The lowest BCUT2D eigenvalue weighted by atomic mass is 10.1. The van der Waals surface area contributed by atoms with Gasteiger partial charge in [-0.1, -0.05) is 13.0 Å². The third-order valence-corrected chi connectivity index (χ3v) is 4.82. The van der Waals surface area contributed by atoms with E-state index in [1.165, 1.54) is 6.92 Å². The fourth-order valence-electron chi connectivity index (χ4n) is 3.31. The largest absolute Gasteiger partial charge is 0.454 e. The second kappa shape index (κ2) is 8.00. The summed E-state index contributed by atoms with van der Waals surface area (Å²) < 4.78 is 21.4. The van der Waals surface area contributed by atoms with E-state index in [2.05, 4.69) is 5.32 Å². The second-order valence-corrected chi connectivity index (χ2v) is 6.85. The number of nitrogens with zero attached hydrogens (tertiary/aromatic N) is 1. The van der Waals surface area contributed by atoms with Crippen LogP contribution in [0.15, 0.2) is 30.3 Å². The molecule has 0 saturated carbocycles. The van der Waals surface area contributed by atoms with Crippen molar-refractivity contribution in [3.05, 3.63) is 41.5 Å². The Kier molecular flexibility index (Phi) is 5.26. The van der Waals surface area contributed by atoms with Gasteiger partial charge in [0.05, 0.1) is 12.2 Å². The van der Waals surface area contributed by atoms with Crippen LogP contribution < -0.4 is 24.3 Å². The Hall–Kier alpha value is -3.26. The Bertz CT molecular complexity index is 958. The highest BCUT2D eigenvalue weighted by molar-refractivity contribution is 6.05. The lowest BCUT2D eigenvalue weighted by Crippen LogP contribution is -2.33. The van der Waals surface area contributed by atoms with E-state index in [-0.39, 0.29) is 31.8 Å². The van der Waals surface area contributed by atoms with E-state index in [1.54, 1.807) is 12.1 Å². The number of likely N-dealkylation sites (N-methyl/N-ethyl adjacent to an activating group) is 1. The summed E-state index contributed by atoms with van der Waals surface area (Å²) in [7, 11) is 0. The van der Waals surface area contributed by atoms with Crippen molar-refractivity contribution in [2.75, 3.05) is 32.0 Å². The quantitative estimate of drug-likeness (QED) is 0.718. The van der Waals surface area contributed by atoms with E-state index in [0.717, 1.165) is 17.1 Å². The van der Waals surface area contributed by atoms with Crippen LogP contribution in [0, 0.1) is 0 Å². The van der Waals surface area contributed by atoms with Gasteiger partial charge in [-0.15, -0.1) is 0 Å². The standard InChI is InChI=1S/C21H22N2O6/c1-3-23(9-14-4-5-17-18(6-14)27-11-26-17)10-21(25)22-16-8-20-19(28-12-29-20)7-15(16)13(2)24/h4-8H,3,9-12H2,1-2H3,(H,22,25). The molecule has 0 atom stereocenters. The molecule has 0 aliphatic carbocycles. The molecule has 8 nitrogen and oxygen atoms in total. The maximum atomic E-state index is 12.7. The zero-order valence-electron chi connectivity index (χ0n) is 16.3. The number of anilines is 1. The fourth-order valence-corrected chi connectivity index (χ4v) is 3.31. The van der Waals surface area contributed by atoms with Crippen molar-refractivity contribution < 1.29 is 28.5 Å². The Labute approximate surface area is 168 Å². The molecule has 0 radical (unpaired) electrons. The van der Waals surface area contributed by atoms with E-state index in [9.17, 15) is 9.59 Å². The van der Waals surface area contributed by atoms with Gasteiger partial charge in [0.1, 0.15) is 0 Å². The lowest BCUT2D eigenvalue weighted by Gasteiger charge is -2.20. The van der Waals surface area contributed by atoms with Crippen molar-refractivity contribution >= 4 is 17.4 Å². The minimum absolute atomic E-state index is 0.100. The number of fused-ring (bicyclic) bond motifs is 2. The van der Waals surface area contributed by atoms with Crippen LogP contribution in [0.2, 0.25) is 0 Å². The van der Waals surface area contributed by atoms with Crippen LogP contribution in [0.1, 0.15) is 29.8 Å². The van der Waals surface area contributed by atoms with Gasteiger partial charge in [-0.25, -0.2) is 0 Å². The molecule has 2 heterocycles. The second-order valence-electron chi connectivity index (χ2n) is 6.85. The van der Waals surface area contributed by atoms with Gasteiger partial charge in [-0.05, 0) is 37.2 Å².